The number of phenolic OH excluding ortho intramolecular Hbond substituents is 1. The summed E-state index contributed by atoms with van der Waals surface area (Å²) in [6, 6.07) is 4.82. The van der Waals surface area contributed by atoms with Crippen molar-refractivity contribution in [3.05, 3.63) is 18.2 Å². The van der Waals surface area contributed by atoms with Gasteiger partial charge >= 0.3 is 0 Å². The van der Waals surface area contributed by atoms with E-state index in [9.17, 15) is 0 Å². The van der Waals surface area contributed by atoms with Crippen LogP contribution in [-0.4, -0.2) is 5.11 Å². The molecule has 0 amide bonds. The number of nitrogens with two attached hydrogens (primary N) is 1. The van der Waals surface area contributed by atoms with Crippen LogP contribution < -0.4 is 5.73 Å². The van der Waals surface area contributed by atoms with Gasteiger partial charge in [-0.3, -0.25) is 0 Å². The summed E-state index contributed by atoms with van der Waals surface area (Å²) < 4.78 is 0. The number of hydrogen-bond donors (Lipinski definition) is 2. The fourth-order valence-corrected chi connectivity index (χ4v) is 1.25. The molecule has 54 valence electrons. The molecule has 10 heavy (non-hydrogen) atoms. The first-order valence-corrected chi connectivity index (χ1v) is 4.25. The highest BCUT2D eigenvalue weighted by atomic mass is 35.7. The van der Waals surface area contributed by atoms with Gasteiger partial charge in [-0.25, -0.2) is 0 Å². The number of rotatable bonds is 1. The van der Waals surface area contributed by atoms with Gasteiger partial charge in [-0.2, -0.15) is 0 Å². The van der Waals surface area contributed by atoms with Crippen molar-refractivity contribution in [1.29, 1.82) is 0 Å². The number of halogens is 1. The maximum absolute atomic E-state index is 9.11. The van der Waals surface area contributed by atoms with Crippen LogP contribution in [0.3, 0.4) is 0 Å². The lowest BCUT2D eigenvalue weighted by Gasteiger charge is -1.98. The quantitative estimate of drug-likeness (QED) is 0.644. The Labute approximate surface area is 67.5 Å². The molecule has 0 spiro atoms. The van der Waals surface area contributed by atoms with Gasteiger partial charge in [0, 0.05) is 11.8 Å². The third-order valence-electron chi connectivity index (χ3n) is 1.07. The lowest BCUT2D eigenvalue weighted by atomic mass is 10.3. The second kappa shape index (κ2) is 3.03. The molecule has 0 saturated heterocycles. The largest absolute Gasteiger partial charge is 0.507 e. The molecule has 0 fully saturated rings. The van der Waals surface area contributed by atoms with E-state index < -0.39 is 0 Å². The summed E-state index contributed by atoms with van der Waals surface area (Å²) in [4.78, 5) is 0.621. The summed E-state index contributed by atoms with van der Waals surface area (Å²) in [5.74, 6) is 0.125. The van der Waals surface area contributed by atoms with E-state index in [4.69, 9.17) is 21.5 Å². The molecule has 0 heterocycles. The summed E-state index contributed by atoms with van der Waals surface area (Å²) in [5.41, 5.74) is 5.90. The van der Waals surface area contributed by atoms with Crippen molar-refractivity contribution >= 4 is 27.3 Å². The first-order chi connectivity index (χ1) is 4.74. The summed E-state index contributed by atoms with van der Waals surface area (Å²) in [5, 5.41) is 9.11. The van der Waals surface area contributed by atoms with Crippen LogP contribution in [0.15, 0.2) is 23.1 Å². The normalized spacial score (nSPS) is 9.70. The van der Waals surface area contributed by atoms with Gasteiger partial charge in [-0.15, -0.1) is 0 Å². The van der Waals surface area contributed by atoms with Crippen LogP contribution in [0.25, 0.3) is 0 Å². The molecular weight excluding hydrogens is 170 g/mol. The zero-order valence-corrected chi connectivity index (χ0v) is 6.62. The third-order valence-corrected chi connectivity index (χ3v) is 2.08. The Balaban J connectivity index is 3.07. The van der Waals surface area contributed by atoms with Crippen LogP contribution in [0.2, 0.25) is 0 Å². The Kier molecular flexibility index (Phi) is 2.29. The summed E-state index contributed by atoms with van der Waals surface area (Å²) >= 11 is 0. The average molecular weight is 176 g/mol. The number of phenols is 1. The minimum Gasteiger partial charge on any atom is -0.507 e. The molecule has 0 bridgehead atoms. The number of aromatic hydroxyl groups is 1. The molecule has 1 aromatic rings. The minimum atomic E-state index is 0.125. The highest BCUT2D eigenvalue weighted by Gasteiger charge is 1.98. The molecule has 3 N–H and O–H groups in total. The van der Waals surface area contributed by atoms with Gasteiger partial charge in [0.15, 0.2) is 0 Å². The number of nitrogen functional groups attached to an aromatic ring is 1. The second-order valence-electron chi connectivity index (χ2n) is 1.80. The van der Waals surface area contributed by atoms with Gasteiger partial charge in [-0.05, 0) is 33.8 Å². The van der Waals surface area contributed by atoms with Crippen LogP contribution in [0, 0.1) is 0 Å². The lowest BCUT2D eigenvalue weighted by molar-refractivity contribution is 0.463. The highest BCUT2D eigenvalue weighted by molar-refractivity contribution is 8.21. The molecule has 0 radical (unpaired) electrons. The topological polar surface area (TPSA) is 46.2 Å². The number of anilines is 1. The van der Waals surface area contributed by atoms with E-state index in [0.29, 0.717) is 10.6 Å². The van der Waals surface area contributed by atoms with Gasteiger partial charge in [0.05, 0.1) is 4.90 Å². The Bertz CT molecular complexity index is 241. The Hall–Kier alpha value is -0.540. The van der Waals surface area contributed by atoms with E-state index in [0.717, 1.165) is 11.0 Å². The van der Waals surface area contributed by atoms with Gasteiger partial charge in [-0.1, -0.05) is 0 Å². The van der Waals surface area contributed by atoms with Crippen molar-refractivity contribution in [2.45, 2.75) is 4.90 Å². The molecule has 0 aliphatic rings. The smallest absolute Gasteiger partial charge is 0.132 e. The molecule has 4 heteroatoms. The molecule has 0 aliphatic carbocycles. The van der Waals surface area contributed by atoms with Gasteiger partial charge < -0.3 is 10.8 Å². The molecule has 0 unspecified atom stereocenters. The van der Waals surface area contributed by atoms with Gasteiger partial charge in [0.25, 0.3) is 0 Å². The van der Waals surface area contributed by atoms with Crippen LogP contribution in [0.4, 0.5) is 5.69 Å². The summed E-state index contributed by atoms with van der Waals surface area (Å²) in [6.07, 6.45) is 0. The highest BCUT2D eigenvalue weighted by Crippen LogP contribution is 2.31. The molecule has 1 rings (SSSR count). The van der Waals surface area contributed by atoms with Crippen molar-refractivity contribution in [2.75, 3.05) is 5.73 Å². The molecule has 0 saturated carbocycles. The molecule has 0 aliphatic heterocycles. The van der Waals surface area contributed by atoms with E-state index in [1.807, 2.05) is 0 Å². The minimum absolute atomic E-state index is 0.125. The summed E-state index contributed by atoms with van der Waals surface area (Å²) in [7, 11) is 6.37. The second-order valence-corrected chi connectivity index (χ2v) is 2.86. The molecule has 1 aromatic carbocycles. The molecule has 0 atom stereocenters. The Morgan fingerprint density at radius 2 is 2.20 bits per heavy atom. The SMILES string of the molecule is Nc1ccc(SCl)c(O)c1. The van der Waals surface area contributed by atoms with Gasteiger partial charge in [0.1, 0.15) is 5.75 Å². The Morgan fingerprint density at radius 1 is 1.50 bits per heavy atom. The predicted octanol–water partition coefficient (Wildman–Crippen LogP) is 2.22. The van der Waals surface area contributed by atoms with E-state index in [1.165, 1.54) is 6.07 Å². The third kappa shape index (κ3) is 1.49. The van der Waals surface area contributed by atoms with Crippen molar-refractivity contribution < 1.29 is 5.11 Å². The van der Waals surface area contributed by atoms with E-state index in [2.05, 4.69) is 0 Å². The Morgan fingerprint density at radius 3 is 2.70 bits per heavy atom. The van der Waals surface area contributed by atoms with Gasteiger partial charge in [0.2, 0.25) is 0 Å². The first kappa shape index (κ1) is 7.57. The number of benzene rings is 1. The van der Waals surface area contributed by atoms with E-state index in [-0.39, 0.29) is 5.75 Å². The lowest BCUT2D eigenvalue weighted by Crippen LogP contribution is -1.82. The molecule has 0 aromatic heterocycles. The van der Waals surface area contributed by atoms with Crippen LogP contribution >= 0.6 is 21.7 Å². The maximum atomic E-state index is 9.11. The van der Waals surface area contributed by atoms with Crippen molar-refractivity contribution in [2.24, 2.45) is 0 Å². The molecule has 2 nitrogen and oxygen atoms in total. The fourth-order valence-electron chi connectivity index (χ4n) is 0.600. The standard InChI is InChI=1S/C6H6ClNOS/c7-10-6-2-1-4(8)3-5(6)9/h1-3,9H,8H2. The zero-order valence-electron chi connectivity index (χ0n) is 5.04. The summed E-state index contributed by atoms with van der Waals surface area (Å²) in [6.45, 7) is 0. The van der Waals surface area contributed by atoms with Crippen LogP contribution in [0.1, 0.15) is 0 Å². The van der Waals surface area contributed by atoms with Crippen molar-refractivity contribution in [3.8, 4) is 5.75 Å². The first-order valence-electron chi connectivity index (χ1n) is 2.61. The van der Waals surface area contributed by atoms with E-state index >= 15 is 0 Å². The van der Waals surface area contributed by atoms with E-state index in [1.54, 1.807) is 12.1 Å². The predicted molar refractivity (Wildman–Crippen MR) is 44.2 cm³/mol. The van der Waals surface area contributed by atoms with Crippen molar-refractivity contribution in [1.82, 2.24) is 0 Å². The molecular formula is C6H6ClNOS. The average Bonchev–Trinajstić information content (AvgIpc) is 1.88. The van der Waals surface area contributed by atoms with Crippen LogP contribution in [0.5, 0.6) is 5.75 Å². The monoisotopic (exact) mass is 175 g/mol. The number of hydrogen-bond acceptors (Lipinski definition) is 3. The maximum Gasteiger partial charge on any atom is 0.132 e. The van der Waals surface area contributed by atoms with Crippen molar-refractivity contribution in [3.63, 3.8) is 0 Å². The van der Waals surface area contributed by atoms with Crippen LogP contribution in [-0.2, 0) is 0 Å². The zero-order chi connectivity index (χ0) is 7.56. The fraction of sp³-hybridized carbons (Fsp3) is 0.